The van der Waals surface area contributed by atoms with E-state index in [2.05, 4.69) is 15.5 Å². The van der Waals surface area contributed by atoms with Gasteiger partial charge in [0.15, 0.2) is 10.9 Å². The van der Waals surface area contributed by atoms with E-state index in [1.165, 1.54) is 11.3 Å². The van der Waals surface area contributed by atoms with Gasteiger partial charge in [-0.3, -0.25) is 10.1 Å². The SMILES string of the molecule is Cc1noc(-c2ccc(Cl)cc2)c1C(=O)Nc1nc2ccc(Cl)cc2s1. The van der Waals surface area contributed by atoms with Gasteiger partial charge in [-0.05, 0) is 49.4 Å². The van der Waals surface area contributed by atoms with Crippen molar-refractivity contribution < 1.29 is 9.32 Å². The fraction of sp³-hybridized carbons (Fsp3) is 0.0556. The Bertz CT molecular complexity index is 1120. The first-order valence-electron chi connectivity index (χ1n) is 7.61. The lowest BCUT2D eigenvalue weighted by atomic mass is 10.1. The summed E-state index contributed by atoms with van der Waals surface area (Å²) >= 11 is 13.3. The summed E-state index contributed by atoms with van der Waals surface area (Å²) < 4.78 is 6.26. The molecule has 0 unspecified atom stereocenters. The van der Waals surface area contributed by atoms with E-state index >= 15 is 0 Å². The first kappa shape index (κ1) is 17.0. The molecule has 130 valence electrons. The standard InChI is InChI=1S/C18H11Cl2N3O2S/c1-9-15(16(25-23-9)10-2-4-11(19)5-3-10)17(24)22-18-21-13-7-6-12(20)8-14(13)26-18/h2-8H,1H3,(H,21,22,24). The molecule has 0 saturated heterocycles. The van der Waals surface area contributed by atoms with Gasteiger partial charge in [-0.15, -0.1) is 0 Å². The van der Waals surface area contributed by atoms with Crippen molar-refractivity contribution in [3.8, 4) is 11.3 Å². The Morgan fingerprint density at radius 2 is 1.85 bits per heavy atom. The second-order valence-corrected chi connectivity index (χ2v) is 7.47. The summed E-state index contributed by atoms with van der Waals surface area (Å²) in [7, 11) is 0. The summed E-state index contributed by atoms with van der Waals surface area (Å²) in [4.78, 5) is 17.2. The highest BCUT2D eigenvalue weighted by Gasteiger charge is 2.22. The number of carbonyl (C=O) groups excluding carboxylic acids is 1. The van der Waals surface area contributed by atoms with Gasteiger partial charge in [-0.25, -0.2) is 4.98 Å². The van der Waals surface area contributed by atoms with Crippen LogP contribution in [0.15, 0.2) is 47.0 Å². The normalized spacial score (nSPS) is 11.0. The highest BCUT2D eigenvalue weighted by Crippen LogP contribution is 2.31. The number of halogens is 2. The molecule has 0 aliphatic heterocycles. The Labute approximate surface area is 162 Å². The van der Waals surface area contributed by atoms with Crippen molar-refractivity contribution in [3.05, 3.63) is 63.8 Å². The van der Waals surface area contributed by atoms with Gasteiger partial charge in [0, 0.05) is 15.6 Å². The van der Waals surface area contributed by atoms with Crippen LogP contribution in [-0.2, 0) is 0 Å². The van der Waals surface area contributed by atoms with Gasteiger partial charge in [-0.1, -0.05) is 39.7 Å². The van der Waals surface area contributed by atoms with Crippen LogP contribution in [0, 0.1) is 6.92 Å². The fourth-order valence-electron chi connectivity index (χ4n) is 2.55. The fourth-order valence-corrected chi connectivity index (χ4v) is 3.81. The average molecular weight is 404 g/mol. The zero-order chi connectivity index (χ0) is 18.3. The van der Waals surface area contributed by atoms with Crippen molar-refractivity contribution in [3.63, 3.8) is 0 Å². The predicted molar refractivity (Wildman–Crippen MR) is 104 cm³/mol. The number of thiazole rings is 1. The van der Waals surface area contributed by atoms with E-state index in [1.807, 2.05) is 12.1 Å². The maximum atomic E-state index is 12.8. The number of hydrogen-bond acceptors (Lipinski definition) is 5. The molecule has 0 radical (unpaired) electrons. The molecule has 0 atom stereocenters. The predicted octanol–water partition coefficient (Wildman–Crippen LogP) is 5.82. The summed E-state index contributed by atoms with van der Waals surface area (Å²) in [5, 5.41) is 8.45. The topological polar surface area (TPSA) is 68.0 Å². The highest BCUT2D eigenvalue weighted by atomic mass is 35.5. The van der Waals surface area contributed by atoms with Crippen LogP contribution in [0.3, 0.4) is 0 Å². The molecule has 26 heavy (non-hydrogen) atoms. The molecule has 1 amide bonds. The third-order valence-corrected chi connectivity index (χ3v) is 5.19. The lowest BCUT2D eigenvalue weighted by Crippen LogP contribution is -2.13. The Hall–Kier alpha value is -2.41. The van der Waals surface area contributed by atoms with E-state index < -0.39 is 0 Å². The van der Waals surface area contributed by atoms with Gasteiger partial charge in [0.2, 0.25) is 0 Å². The van der Waals surface area contributed by atoms with Crippen molar-refractivity contribution >= 4 is 55.8 Å². The lowest BCUT2D eigenvalue weighted by Gasteiger charge is -2.03. The smallest absolute Gasteiger partial charge is 0.263 e. The van der Waals surface area contributed by atoms with Crippen LogP contribution >= 0.6 is 34.5 Å². The molecule has 0 spiro atoms. The molecule has 4 rings (SSSR count). The van der Waals surface area contributed by atoms with Gasteiger partial charge < -0.3 is 4.52 Å². The Morgan fingerprint density at radius 1 is 1.12 bits per heavy atom. The maximum absolute atomic E-state index is 12.8. The first-order valence-corrected chi connectivity index (χ1v) is 9.18. The molecule has 8 heteroatoms. The van der Waals surface area contributed by atoms with Crippen molar-refractivity contribution in [2.45, 2.75) is 6.92 Å². The number of anilines is 1. The average Bonchev–Trinajstić information content (AvgIpc) is 3.18. The summed E-state index contributed by atoms with van der Waals surface area (Å²) in [6.45, 7) is 1.72. The summed E-state index contributed by atoms with van der Waals surface area (Å²) in [6, 6.07) is 12.4. The number of hydrogen-bond donors (Lipinski definition) is 1. The van der Waals surface area contributed by atoms with Gasteiger partial charge in [-0.2, -0.15) is 0 Å². The molecule has 0 aliphatic rings. The third-order valence-electron chi connectivity index (χ3n) is 3.77. The molecule has 0 saturated carbocycles. The zero-order valence-corrected chi connectivity index (χ0v) is 15.7. The number of amides is 1. The van der Waals surface area contributed by atoms with E-state index in [4.69, 9.17) is 27.7 Å². The minimum Gasteiger partial charge on any atom is -0.355 e. The van der Waals surface area contributed by atoms with Crippen LogP contribution in [0.4, 0.5) is 5.13 Å². The second-order valence-electron chi connectivity index (χ2n) is 5.56. The van der Waals surface area contributed by atoms with Crippen LogP contribution < -0.4 is 5.32 Å². The Balaban J connectivity index is 1.67. The number of fused-ring (bicyclic) bond motifs is 1. The van der Waals surface area contributed by atoms with Gasteiger partial charge in [0.1, 0.15) is 5.56 Å². The molecule has 5 nitrogen and oxygen atoms in total. The molecule has 1 N–H and O–H groups in total. The molecule has 2 aromatic heterocycles. The van der Waals surface area contributed by atoms with Crippen molar-refractivity contribution in [2.24, 2.45) is 0 Å². The molecule has 4 aromatic rings. The third kappa shape index (κ3) is 3.19. The Kier molecular flexibility index (Phi) is 4.40. The quantitative estimate of drug-likeness (QED) is 0.467. The van der Waals surface area contributed by atoms with E-state index in [1.54, 1.807) is 37.3 Å². The molecule has 0 aliphatic carbocycles. The van der Waals surface area contributed by atoms with E-state index in [9.17, 15) is 4.79 Å². The van der Waals surface area contributed by atoms with Crippen molar-refractivity contribution in [1.82, 2.24) is 10.1 Å². The van der Waals surface area contributed by atoms with Crippen LogP contribution in [0.5, 0.6) is 0 Å². The van der Waals surface area contributed by atoms with Crippen LogP contribution in [0.1, 0.15) is 16.1 Å². The summed E-state index contributed by atoms with van der Waals surface area (Å²) in [5.74, 6) is 0.0553. The number of nitrogens with one attached hydrogen (secondary N) is 1. The minimum absolute atomic E-state index is 0.334. The molecule has 0 fully saturated rings. The molecule has 2 heterocycles. The molecular formula is C18H11Cl2N3O2S. The molecule has 0 bridgehead atoms. The first-order chi connectivity index (χ1) is 12.5. The van der Waals surface area contributed by atoms with Gasteiger partial charge >= 0.3 is 0 Å². The minimum atomic E-state index is -0.334. The van der Waals surface area contributed by atoms with Crippen LogP contribution in [-0.4, -0.2) is 16.0 Å². The van der Waals surface area contributed by atoms with Gasteiger partial charge in [0.05, 0.1) is 15.9 Å². The van der Waals surface area contributed by atoms with E-state index in [-0.39, 0.29) is 5.91 Å². The van der Waals surface area contributed by atoms with E-state index in [0.717, 1.165) is 15.8 Å². The summed E-state index contributed by atoms with van der Waals surface area (Å²) in [5.41, 5.74) is 2.35. The number of aryl methyl sites for hydroxylation is 1. The molecular weight excluding hydrogens is 393 g/mol. The van der Waals surface area contributed by atoms with E-state index in [0.29, 0.717) is 32.2 Å². The molecule has 2 aromatic carbocycles. The van der Waals surface area contributed by atoms with Crippen LogP contribution in [0.2, 0.25) is 10.0 Å². The number of nitrogens with zero attached hydrogens (tertiary/aromatic N) is 2. The monoisotopic (exact) mass is 403 g/mol. The lowest BCUT2D eigenvalue weighted by molar-refractivity contribution is 0.102. The van der Waals surface area contributed by atoms with Crippen molar-refractivity contribution in [2.75, 3.05) is 5.32 Å². The zero-order valence-electron chi connectivity index (χ0n) is 13.4. The Morgan fingerprint density at radius 3 is 2.62 bits per heavy atom. The number of benzene rings is 2. The maximum Gasteiger partial charge on any atom is 0.263 e. The van der Waals surface area contributed by atoms with Gasteiger partial charge in [0.25, 0.3) is 5.91 Å². The van der Waals surface area contributed by atoms with Crippen LogP contribution in [0.25, 0.3) is 21.5 Å². The van der Waals surface area contributed by atoms with Crippen molar-refractivity contribution in [1.29, 1.82) is 0 Å². The number of rotatable bonds is 3. The largest absolute Gasteiger partial charge is 0.355 e. The number of carbonyl (C=O) groups is 1. The highest BCUT2D eigenvalue weighted by molar-refractivity contribution is 7.22. The second kappa shape index (κ2) is 6.72. The number of aromatic nitrogens is 2. The summed E-state index contributed by atoms with van der Waals surface area (Å²) in [6.07, 6.45) is 0.